The molecule has 0 bridgehead atoms. The second kappa shape index (κ2) is 55.7. The molecule has 5 fully saturated rings. The summed E-state index contributed by atoms with van der Waals surface area (Å²) in [6, 6.07) is 14.4. The van der Waals surface area contributed by atoms with E-state index in [1.54, 1.807) is 30.9 Å². The van der Waals surface area contributed by atoms with Crippen molar-refractivity contribution in [1.82, 2.24) is 30.0 Å². The fourth-order valence-corrected chi connectivity index (χ4v) is 13.2. The van der Waals surface area contributed by atoms with Gasteiger partial charge < -0.3 is 62.7 Å². The van der Waals surface area contributed by atoms with Crippen LogP contribution in [0.25, 0.3) is 11.0 Å². The summed E-state index contributed by atoms with van der Waals surface area (Å²) in [5.74, 6) is 1.32. The van der Waals surface area contributed by atoms with Gasteiger partial charge in [0, 0.05) is 57.3 Å². The number of nitro groups is 1. The number of nitrogens with one attached hydrogen (secondary N) is 2. The van der Waals surface area contributed by atoms with Crippen LogP contribution >= 0.6 is 158 Å². The van der Waals surface area contributed by atoms with E-state index >= 15 is 0 Å². The number of non-ortho nitro benzene ring substituents is 1. The van der Waals surface area contributed by atoms with E-state index in [9.17, 15) is 48.5 Å². The second-order valence-corrected chi connectivity index (χ2v) is 46.2. The van der Waals surface area contributed by atoms with E-state index in [2.05, 4.69) is 122 Å². The van der Waals surface area contributed by atoms with E-state index in [0.29, 0.717) is 90.2 Å². The third-order valence-corrected chi connectivity index (χ3v) is 22.5. The number of nitro benzene ring substituents is 1. The number of benzene rings is 2. The number of carbonyl (C=O) groups excluding carboxylic acids is 8. The number of H-pyrrole nitrogens is 1. The molecule has 113 heavy (non-hydrogen) atoms. The van der Waals surface area contributed by atoms with E-state index in [4.69, 9.17) is 42.6 Å². The van der Waals surface area contributed by atoms with Crippen LogP contribution in [0.15, 0.2) is 48.5 Å². The lowest BCUT2D eigenvalue weighted by Gasteiger charge is -2.33. The standard InChI is InChI=1S/C17H22INO4.C16H28INO4.C13H21I2NO5.C13H15IN2O2.C11H20INO2.C10H18INO2/c18-16(14-8-10-15(11-9-14)19(21)22)17(20)23-12-4-7-13-5-2-1-3-6-13;1-15(2,3)22-14(20)18-9-6-12(7-10-18)8-11-21-13(19)16(4,5)17;1-9(14)12(17)20-8-11(21-13(18)10(2)15)7-16-3-5-19-6-4-16;1-13(2,14)12(17)18-8-7-11-15-9-5-3-4-6-10(9)16-11;1-11(2,12)10(14)15-8-6-9-5-3-4-7-13-9;1-8(11)10(13)14-7-9-3-5-12(2)6-4-9/h8-11,13,16H,1-7,12H2;12H,6-11H2,1-5H3;9-11H,3-8H2,1-2H3;3-6H,7-8H2,1-2H3,(H,15,16);9,13H,3-8H2,1-2H3;8-9H,3-7H2,1-2H3. The topological polar surface area (TPSA) is 313 Å². The third kappa shape index (κ3) is 47.0. The zero-order valence-electron chi connectivity index (χ0n) is 68.3. The lowest BCUT2D eigenvalue weighted by molar-refractivity contribution is -0.384. The minimum Gasteiger partial charge on any atom is -0.465 e. The Kier molecular flexibility index (Phi) is 51.7. The van der Waals surface area contributed by atoms with Crippen LogP contribution in [-0.4, -0.2) is 230 Å². The van der Waals surface area contributed by atoms with Gasteiger partial charge in [0.25, 0.3) is 5.69 Å². The molecule has 1 amide bonds. The highest BCUT2D eigenvalue weighted by atomic mass is 127. The van der Waals surface area contributed by atoms with E-state index in [1.807, 2.05) is 161 Å². The van der Waals surface area contributed by atoms with Gasteiger partial charge >= 0.3 is 47.9 Å². The van der Waals surface area contributed by atoms with Crippen molar-refractivity contribution in [2.24, 2.45) is 17.8 Å². The summed E-state index contributed by atoms with van der Waals surface area (Å²) in [4.78, 5) is 117. The van der Waals surface area contributed by atoms with Gasteiger partial charge in [-0.1, -0.05) is 221 Å². The first-order chi connectivity index (χ1) is 53.0. The number of amides is 1. The fourth-order valence-electron chi connectivity index (χ4n) is 11.7. The van der Waals surface area contributed by atoms with Gasteiger partial charge in [0.1, 0.15) is 50.1 Å². The number of fused-ring (bicyclic) bond motifs is 1. The highest BCUT2D eigenvalue weighted by molar-refractivity contribution is 14.1. The second-order valence-electron chi connectivity index (χ2n) is 31.3. The van der Waals surface area contributed by atoms with Gasteiger partial charge in [-0.05, 0) is 209 Å². The molecule has 0 radical (unpaired) electrons. The van der Waals surface area contributed by atoms with Gasteiger partial charge in [-0.3, -0.25) is 48.6 Å². The lowest BCUT2D eigenvalue weighted by atomic mass is 9.86. The van der Waals surface area contributed by atoms with E-state index in [-0.39, 0.29) is 71.9 Å². The zero-order chi connectivity index (χ0) is 84.5. The number of aromatic amines is 1. The third-order valence-electron chi connectivity index (χ3n) is 18.5. The van der Waals surface area contributed by atoms with Crippen molar-refractivity contribution < 1.29 is 85.9 Å². The number of aromatic nitrogens is 2. The van der Waals surface area contributed by atoms with Crippen LogP contribution < -0.4 is 5.32 Å². The molecule has 4 aliphatic heterocycles. The Morgan fingerprint density at radius 1 is 0.584 bits per heavy atom. The van der Waals surface area contributed by atoms with Gasteiger partial charge in [0.15, 0.2) is 0 Å². The molecule has 26 nitrogen and oxygen atoms in total. The maximum absolute atomic E-state index is 12.0. The van der Waals surface area contributed by atoms with E-state index in [1.165, 1.54) is 63.5 Å². The molecule has 5 heterocycles. The number of halogens is 7. The smallest absolute Gasteiger partial charge is 0.410 e. The van der Waals surface area contributed by atoms with Gasteiger partial charge in [-0.25, -0.2) is 9.78 Å². The van der Waals surface area contributed by atoms with Crippen LogP contribution in [0, 0.1) is 27.9 Å². The number of nitrogens with zero attached hydrogens (tertiary/aromatic N) is 5. The number of alkyl halides is 7. The molecule has 8 rings (SSSR count). The van der Waals surface area contributed by atoms with Crippen molar-refractivity contribution >= 4 is 223 Å². The van der Waals surface area contributed by atoms with Crippen molar-refractivity contribution in [3.05, 3.63) is 70.0 Å². The summed E-state index contributed by atoms with van der Waals surface area (Å²) in [5, 5.41) is 14.1. The molecule has 5 aliphatic rings. The van der Waals surface area contributed by atoms with E-state index < -0.39 is 30.8 Å². The Bertz CT molecular complexity index is 3260. The van der Waals surface area contributed by atoms with Gasteiger partial charge in [-0.15, -0.1) is 0 Å². The number of para-hydroxylation sites is 2. The monoisotopic (exact) mass is 2380 g/mol. The molecule has 33 heteroatoms. The van der Waals surface area contributed by atoms with Crippen molar-refractivity contribution in [2.75, 3.05) is 112 Å². The number of imidazole rings is 1. The molecule has 0 spiro atoms. The molecule has 1 saturated carbocycles. The Hall–Kier alpha value is -2.18. The predicted molar refractivity (Wildman–Crippen MR) is 499 cm³/mol. The number of piperidine rings is 3. The van der Waals surface area contributed by atoms with Crippen molar-refractivity contribution in [3.8, 4) is 0 Å². The average molecular weight is 2380 g/mol. The largest absolute Gasteiger partial charge is 0.465 e. The maximum Gasteiger partial charge on any atom is 0.410 e. The first kappa shape index (κ1) is 105. The predicted octanol–water partition coefficient (Wildman–Crippen LogP) is 17.0. The molecular formula is C80H124I7N7O19. The zero-order valence-corrected chi connectivity index (χ0v) is 83.4. The molecule has 3 aromatic rings. The van der Waals surface area contributed by atoms with Crippen LogP contribution in [-0.2, 0) is 82.6 Å². The summed E-state index contributed by atoms with van der Waals surface area (Å²) in [6.45, 7) is 32.9. The van der Waals surface area contributed by atoms with Gasteiger partial charge in [0.05, 0.1) is 62.2 Å². The van der Waals surface area contributed by atoms with E-state index in [0.717, 1.165) is 112 Å². The van der Waals surface area contributed by atoms with Crippen LogP contribution in [0.5, 0.6) is 0 Å². The number of morpholine rings is 1. The Morgan fingerprint density at radius 2 is 1.11 bits per heavy atom. The highest BCUT2D eigenvalue weighted by Crippen LogP contribution is 2.31. The highest BCUT2D eigenvalue weighted by Gasteiger charge is 2.32. The minimum absolute atomic E-state index is 0.0261. The first-order valence-corrected chi connectivity index (χ1v) is 47.5. The summed E-state index contributed by atoms with van der Waals surface area (Å²) >= 11 is 14.4. The van der Waals surface area contributed by atoms with Crippen LogP contribution in [0.4, 0.5) is 10.5 Å². The fraction of sp³-hybridized carbons (Fsp3) is 0.738. The summed E-state index contributed by atoms with van der Waals surface area (Å²) in [7, 11) is 2.13. The van der Waals surface area contributed by atoms with Crippen LogP contribution in [0.2, 0.25) is 0 Å². The van der Waals surface area contributed by atoms with Crippen molar-refractivity contribution in [1.29, 1.82) is 0 Å². The molecular weight excluding hydrogens is 2250 g/mol. The molecule has 4 saturated heterocycles. The molecule has 6 atom stereocenters. The molecule has 2 N–H and O–H groups in total. The normalized spacial score (nSPS) is 18.1. The number of carbonyl (C=O) groups is 8. The number of likely N-dealkylation sites (tertiary alicyclic amines) is 2. The average Bonchev–Trinajstić information content (AvgIpc) is 1.70. The van der Waals surface area contributed by atoms with Crippen LogP contribution in [0.3, 0.4) is 0 Å². The molecule has 1 aromatic heterocycles. The SMILES string of the molecule is CC(C)(C)OC(=O)N1CCC(CCOC(=O)C(C)(C)I)CC1.CC(C)(I)C(=O)OCCC1CCCCN1.CC(C)(I)C(=O)OCCc1nc2ccccc2[nH]1.CC(I)C(=O)OCC(CN1CCOCC1)OC(=O)C(C)I.CC(I)C(=O)OCC1CCN(C)CC1.O=C(OCCCC1CCCCC1)C(I)c1ccc([N+](=O)[O-])cc1. The molecule has 6 unspecified atom stereocenters. The van der Waals surface area contributed by atoms with Gasteiger partial charge in [0.2, 0.25) is 0 Å². The summed E-state index contributed by atoms with van der Waals surface area (Å²) in [5.41, 5.74) is 2.25. The number of hydrogen-bond acceptors (Lipinski definition) is 23. The first-order valence-electron chi connectivity index (χ1n) is 39.3. The lowest BCUT2D eigenvalue weighted by Crippen LogP contribution is -2.44. The number of esters is 7. The Morgan fingerprint density at radius 3 is 1.63 bits per heavy atom. The molecule has 642 valence electrons. The maximum atomic E-state index is 12.0. The minimum atomic E-state index is -0.481. The molecule has 2 aromatic carbocycles. The quantitative estimate of drug-likeness (QED) is 0.0124. The Balaban J connectivity index is 0.000000354. The Labute approximate surface area is 766 Å². The van der Waals surface area contributed by atoms with Crippen molar-refractivity contribution in [3.63, 3.8) is 0 Å². The number of ether oxygens (including phenoxy) is 9. The van der Waals surface area contributed by atoms with Crippen molar-refractivity contribution in [2.45, 2.75) is 236 Å². The number of hydrogen-bond donors (Lipinski definition) is 2. The summed E-state index contributed by atoms with van der Waals surface area (Å²) < 4.78 is 45.3. The number of rotatable bonds is 29. The van der Waals surface area contributed by atoms with Gasteiger partial charge in [-0.2, -0.15) is 0 Å². The van der Waals surface area contributed by atoms with Crippen LogP contribution in [0.1, 0.15) is 201 Å². The summed E-state index contributed by atoms with van der Waals surface area (Å²) in [6.07, 6.45) is 18.4. The molecule has 1 aliphatic carbocycles.